The Morgan fingerprint density at radius 1 is 0.321 bits per heavy atom. The van der Waals surface area contributed by atoms with Gasteiger partial charge in [-0.1, -0.05) is 0 Å². The van der Waals surface area contributed by atoms with E-state index in [-0.39, 0.29) is 21.7 Å². The summed E-state index contributed by atoms with van der Waals surface area (Å²) in [5.74, 6) is -1.39. The van der Waals surface area contributed by atoms with Gasteiger partial charge in [-0.3, -0.25) is 0 Å². The third-order valence-electron chi connectivity index (χ3n) is 17.2. The van der Waals surface area contributed by atoms with Gasteiger partial charge in [0.1, 0.15) is 0 Å². The molecule has 0 bridgehead atoms. The van der Waals surface area contributed by atoms with E-state index in [1.807, 2.05) is 0 Å². The van der Waals surface area contributed by atoms with Crippen molar-refractivity contribution in [3.8, 4) is 44.5 Å². The van der Waals surface area contributed by atoms with E-state index in [0.717, 1.165) is 25.7 Å². The normalized spacial score (nSPS) is 15.5. The van der Waals surface area contributed by atoms with E-state index >= 15 is 0 Å². The molecule has 0 aromatic heterocycles. The fraction of sp³-hybridized carbons (Fsp3) is 0.316. The molecular weight excluding hydrogens is 1030 g/mol. The third kappa shape index (κ3) is 11.7. The topological polar surface area (TPSA) is 0 Å². The third-order valence-corrected chi connectivity index (χ3v) is 38.9. The van der Waals surface area contributed by atoms with Crippen molar-refractivity contribution in [1.82, 2.24) is 0 Å². The van der Waals surface area contributed by atoms with Gasteiger partial charge in [-0.05, 0) is 0 Å². The Hall–Kier alpha value is -5.66. The summed E-state index contributed by atoms with van der Waals surface area (Å²) in [6.07, 6.45) is 9.70. The Labute approximate surface area is 479 Å². The summed E-state index contributed by atoms with van der Waals surface area (Å²) < 4.78 is 0.816. The zero-order chi connectivity index (χ0) is 55.3. The summed E-state index contributed by atoms with van der Waals surface area (Å²) in [5, 5.41) is 0. The fourth-order valence-electron chi connectivity index (χ4n) is 12.6. The Bertz CT molecular complexity index is 3220. The van der Waals surface area contributed by atoms with Crippen LogP contribution in [0, 0.1) is 0 Å². The second-order valence-corrected chi connectivity index (χ2v) is 47.3. The van der Waals surface area contributed by atoms with Crippen molar-refractivity contribution in [1.29, 1.82) is 0 Å². The fourth-order valence-corrected chi connectivity index (χ4v) is 35.5. The van der Waals surface area contributed by atoms with Crippen molar-refractivity contribution in [3.05, 3.63) is 249 Å². The maximum absolute atomic E-state index is 2.87. The Balaban J connectivity index is 1.25. The average molecular weight is 1120 g/mol. The number of allylic oxidation sites excluding steroid dienone is 2. The van der Waals surface area contributed by atoms with Crippen molar-refractivity contribution in [2.24, 2.45) is 0 Å². The molecule has 2 unspecified atom stereocenters. The molecule has 0 heterocycles. The van der Waals surface area contributed by atoms with Gasteiger partial charge in [0, 0.05) is 0 Å². The molecule has 0 radical (unpaired) electrons. The molecule has 0 nitrogen and oxygen atoms in total. The van der Waals surface area contributed by atoms with Gasteiger partial charge in [0.25, 0.3) is 0 Å². The van der Waals surface area contributed by atoms with Gasteiger partial charge >= 0.3 is 483 Å². The number of rotatable bonds is 13. The minimum atomic E-state index is -2.87. The molecule has 0 saturated heterocycles. The molecule has 0 spiro atoms. The molecule has 0 amide bonds. The van der Waals surface area contributed by atoms with Crippen LogP contribution in [0.2, 0.25) is 13.1 Å². The maximum atomic E-state index is 2.77. The number of hydrogen-bond acceptors (Lipinski definition) is 0. The number of hydrogen-bond donors (Lipinski definition) is 0. The van der Waals surface area contributed by atoms with Gasteiger partial charge in [0.2, 0.25) is 0 Å². The van der Waals surface area contributed by atoms with Crippen molar-refractivity contribution in [2.75, 3.05) is 0 Å². The van der Waals surface area contributed by atoms with E-state index < -0.39 is 26.8 Å². The van der Waals surface area contributed by atoms with Crippen LogP contribution in [0.1, 0.15) is 159 Å². The summed E-state index contributed by atoms with van der Waals surface area (Å²) in [6, 6.07) is 71.4. The molecule has 2 aliphatic carbocycles. The van der Waals surface area contributed by atoms with Crippen molar-refractivity contribution >= 4 is 18.1 Å². The number of benzene rings is 8. The van der Waals surface area contributed by atoms with E-state index in [9.17, 15) is 0 Å². The second-order valence-electron chi connectivity index (χ2n) is 27.2. The monoisotopic (exact) mass is 1120 g/mol. The molecule has 0 N–H and O–H groups in total. The molecule has 8 aromatic carbocycles. The summed E-state index contributed by atoms with van der Waals surface area (Å²) in [6.45, 7) is 33.6. The molecular formula is C76H85SiZr. The van der Waals surface area contributed by atoms with Gasteiger partial charge in [-0.25, -0.2) is 0 Å². The van der Waals surface area contributed by atoms with Crippen LogP contribution in [0.5, 0.6) is 0 Å². The first kappa shape index (κ1) is 55.6. The van der Waals surface area contributed by atoms with Crippen LogP contribution < -0.4 is 0 Å². The summed E-state index contributed by atoms with van der Waals surface area (Å²) in [4.78, 5) is 0. The molecule has 2 atom stereocenters. The average Bonchev–Trinajstić information content (AvgIpc) is 4.16. The summed E-state index contributed by atoms with van der Waals surface area (Å²) >= 11 is -2.87. The van der Waals surface area contributed by atoms with Crippen LogP contribution in [0.3, 0.4) is 0 Å². The second kappa shape index (κ2) is 22.1. The predicted octanol–water partition coefficient (Wildman–Crippen LogP) is 21.0. The van der Waals surface area contributed by atoms with Crippen LogP contribution in [0.4, 0.5) is 0 Å². The number of fused-ring (bicyclic) bond motifs is 2. The molecule has 397 valence electrons. The van der Waals surface area contributed by atoms with E-state index in [2.05, 4.69) is 290 Å². The molecule has 2 aliphatic rings. The first-order chi connectivity index (χ1) is 37.0. The van der Waals surface area contributed by atoms with E-state index in [0.29, 0.717) is 7.25 Å². The van der Waals surface area contributed by atoms with E-state index in [1.165, 1.54) is 89.0 Å². The first-order valence-electron chi connectivity index (χ1n) is 29.2. The van der Waals surface area contributed by atoms with Crippen LogP contribution in [0.15, 0.2) is 193 Å². The summed E-state index contributed by atoms with van der Waals surface area (Å²) in [5.41, 5.74) is 29.1. The Morgan fingerprint density at radius 2 is 0.590 bits per heavy atom. The van der Waals surface area contributed by atoms with E-state index in [4.69, 9.17) is 0 Å². The van der Waals surface area contributed by atoms with Gasteiger partial charge < -0.3 is 0 Å². The minimum absolute atomic E-state index is 0.0684. The zero-order valence-corrected chi connectivity index (χ0v) is 53.1. The standard InChI is InChI=1S/2C37H39.C2H7Si.Zr/c2*1-36(2,3)30-18-14-28(15-19-30)32-22-23-33(29-16-20-31(21-17-29)37(4,5)6)35-25-27(24-34(32)35)13-12-26-10-8-7-9-11-26;1-3-2;/h2*7-11,14-25H,12-13H2,1-6H3;3H,1-2H3;. The molecule has 2 heteroatoms. The van der Waals surface area contributed by atoms with Crippen LogP contribution >= 0.6 is 0 Å². The Kier molecular flexibility index (Phi) is 15.8. The summed E-state index contributed by atoms with van der Waals surface area (Å²) in [7, 11) is 0. The Morgan fingerprint density at radius 3 is 0.859 bits per heavy atom. The zero-order valence-electron chi connectivity index (χ0n) is 49.5. The molecule has 0 saturated carbocycles. The first-order valence-corrected chi connectivity index (χ1v) is 39.2. The molecule has 0 fully saturated rings. The van der Waals surface area contributed by atoms with Crippen molar-refractivity contribution in [2.45, 2.75) is 151 Å². The van der Waals surface area contributed by atoms with Crippen LogP contribution in [0.25, 0.3) is 56.7 Å². The van der Waals surface area contributed by atoms with Gasteiger partial charge in [0.15, 0.2) is 0 Å². The molecule has 10 rings (SSSR count). The van der Waals surface area contributed by atoms with Gasteiger partial charge in [-0.15, -0.1) is 0 Å². The van der Waals surface area contributed by atoms with Crippen LogP contribution in [-0.4, -0.2) is 5.92 Å². The van der Waals surface area contributed by atoms with Crippen LogP contribution in [-0.2, 0) is 55.4 Å². The van der Waals surface area contributed by atoms with Crippen molar-refractivity contribution < 1.29 is 20.9 Å². The molecule has 78 heavy (non-hydrogen) atoms. The molecule has 8 aromatic rings. The van der Waals surface area contributed by atoms with Gasteiger partial charge in [-0.2, -0.15) is 0 Å². The SMILES string of the molecule is C[SiH](C)[Zr]([CH]1C(CCc2ccccc2)=Cc2c(-c3ccc(C(C)(C)C)cc3)ccc(-c3ccc(C(C)(C)C)cc3)c21)[CH]1C(CCc2ccccc2)=Cc2c(-c3ccc(C(C)(C)C)cc3)ccc(-c3ccc(C(C)(C)C)cc3)c21. The van der Waals surface area contributed by atoms with Crippen molar-refractivity contribution in [3.63, 3.8) is 0 Å². The number of aryl methyl sites for hydroxylation is 2. The predicted molar refractivity (Wildman–Crippen MR) is 339 cm³/mol. The van der Waals surface area contributed by atoms with E-state index in [1.54, 1.807) is 22.3 Å². The van der Waals surface area contributed by atoms with Gasteiger partial charge in [0.05, 0.1) is 0 Å². The quantitative estimate of drug-likeness (QED) is 0.101. The molecule has 0 aliphatic heterocycles.